The van der Waals surface area contributed by atoms with E-state index in [2.05, 4.69) is 31.7 Å². The van der Waals surface area contributed by atoms with Crippen LogP contribution in [0.15, 0.2) is 9.70 Å². The number of rotatable bonds is 6. The van der Waals surface area contributed by atoms with Crippen molar-refractivity contribution in [3.05, 3.63) is 31.9 Å². The van der Waals surface area contributed by atoms with Crippen LogP contribution in [0, 0.1) is 30.1 Å². The van der Waals surface area contributed by atoms with Crippen LogP contribution in [0.4, 0.5) is 5.82 Å². The first-order chi connectivity index (χ1) is 15.2. The lowest BCUT2D eigenvalue weighted by Gasteiger charge is -2.38. The van der Waals surface area contributed by atoms with Crippen LogP contribution in [0.5, 0.6) is 0 Å². The monoisotopic (exact) mass is 472 g/mol. The van der Waals surface area contributed by atoms with E-state index in [9.17, 15) is 14.9 Å². The number of thioether (sulfide) groups is 1. The Bertz CT molecular complexity index is 1040. The number of nitrogens with zero attached hydrogens (tertiary/aromatic N) is 4. The first-order valence-electron chi connectivity index (χ1n) is 11.3. The van der Waals surface area contributed by atoms with Crippen LogP contribution >= 0.6 is 24.0 Å². The second-order valence-electron chi connectivity index (χ2n) is 9.10. The fraction of sp³-hybridized carbons (Fsp3) is 0.583. The Hall–Kier alpha value is -2.11. The van der Waals surface area contributed by atoms with Crippen molar-refractivity contribution in [2.75, 3.05) is 24.5 Å². The summed E-state index contributed by atoms with van der Waals surface area (Å²) in [5.41, 5.74) is 1.21. The molecule has 2 atom stereocenters. The molecule has 32 heavy (non-hydrogen) atoms. The lowest BCUT2D eigenvalue weighted by molar-refractivity contribution is -0.122. The minimum Gasteiger partial charge on any atom is -0.357 e. The summed E-state index contributed by atoms with van der Waals surface area (Å²) in [6.07, 6.45) is 6.04. The van der Waals surface area contributed by atoms with E-state index in [0.717, 1.165) is 50.2 Å². The van der Waals surface area contributed by atoms with Crippen LogP contribution in [0.25, 0.3) is 6.08 Å². The Morgan fingerprint density at radius 2 is 1.88 bits per heavy atom. The van der Waals surface area contributed by atoms with Crippen molar-refractivity contribution in [1.29, 1.82) is 5.26 Å². The van der Waals surface area contributed by atoms with Gasteiger partial charge in [0.15, 0.2) is 0 Å². The molecule has 0 saturated carbocycles. The van der Waals surface area contributed by atoms with Gasteiger partial charge in [0.2, 0.25) is 0 Å². The van der Waals surface area contributed by atoms with Crippen molar-refractivity contribution in [3.8, 4) is 6.07 Å². The molecule has 0 spiro atoms. The van der Waals surface area contributed by atoms with Gasteiger partial charge < -0.3 is 4.90 Å². The number of carbonyl (C=O) groups is 1. The first-order valence-corrected chi connectivity index (χ1v) is 12.6. The summed E-state index contributed by atoms with van der Waals surface area (Å²) in [6.45, 7) is 10.7. The molecule has 1 aromatic rings. The molecule has 0 radical (unpaired) electrons. The average molecular weight is 473 g/mol. The van der Waals surface area contributed by atoms with Crippen molar-refractivity contribution in [2.24, 2.45) is 18.9 Å². The Labute approximate surface area is 200 Å². The predicted molar refractivity (Wildman–Crippen MR) is 136 cm³/mol. The number of nitriles is 1. The molecule has 172 valence electrons. The van der Waals surface area contributed by atoms with Crippen LogP contribution in [0.3, 0.4) is 0 Å². The van der Waals surface area contributed by atoms with Crippen LogP contribution in [0.2, 0.25) is 0 Å². The zero-order chi connectivity index (χ0) is 23.6. The number of hydrogen-bond acceptors (Lipinski definition) is 6. The Morgan fingerprint density at radius 3 is 2.47 bits per heavy atom. The first kappa shape index (κ1) is 24.5. The van der Waals surface area contributed by atoms with Gasteiger partial charge in [-0.1, -0.05) is 57.6 Å². The normalized spacial score (nSPS) is 22.7. The predicted octanol–water partition coefficient (Wildman–Crippen LogP) is 4.44. The zero-order valence-electron chi connectivity index (χ0n) is 19.6. The minimum absolute atomic E-state index is 0.0887. The van der Waals surface area contributed by atoms with E-state index >= 15 is 0 Å². The SMILES string of the molecule is CCCCCN1C(=O)/C(=C\c2c(C)c(C#N)c(=O)n(C)c2N2CC(C)CC(C)C2)SC1=S. The molecule has 2 aliphatic heterocycles. The molecule has 0 bridgehead atoms. The summed E-state index contributed by atoms with van der Waals surface area (Å²) < 4.78 is 2.14. The van der Waals surface area contributed by atoms with E-state index in [1.807, 2.05) is 6.08 Å². The van der Waals surface area contributed by atoms with Crippen LogP contribution in [0.1, 0.15) is 63.1 Å². The molecule has 3 heterocycles. The largest absolute Gasteiger partial charge is 0.357 e. The molecular weight excluding hydrogens is 440 g/mol. The van der Waals surface area contributed by atoms with Crippen molar-refractivity contribution in [1.82, 2.24) is 9.47 Å². The van der Waals surface area contributed by atoms with E-state index in [0.29, 0.717) is 33.2 Å². The van der Waals surface area contributed by atoms with Gasteiger partial charge in [0.05, 0.1) is 4.91 Å². The lowest BCUT2D eigenvalue weighted by atomic mass is 9.91. The Kier molecular flexibility index (Phi) is 7.84. The average Bonchev–Trinajstić information content (AvgIpc) is 2.99. The highest BCUT2D eigenvalue weighted by molar-refractivity contribution is 8.26. The number of aromatic nitrogens is 1. The highest BCUT2D eigenvalue weighted by atomic mass is 32.2. The summed E-state index contributed by atoms with van der Waals surface area (Å²) >= 11 is 6.79. The molecule has 2 unspecified atom stereocenters. The standard InChI is InChI=1S/C24H32N4O2S2/c1-6-7-8-9-28-23(30)20(32-24(28)31)11-18-17(4)19(12-25)22(29)26(5)21(18)27-13-15(2)10-16(3)14-27/h11,15-16H,6-10,13-14H2,1-5H3/b20-11+. The molecule has 0 aliphatic carbocycles. The minimum atomic E-state index is -0.296. The third kappa shape index (κ3) is 4.79. The molecule has 0 N–H and O–H groups in total. The zero-order valence-corrected chi connectivity index (χ0v) is 21.2. The second-order valence-corrected chi connectivity index (χ2v) is 10.8. The number of unbranched alkanes of at least 4 members (excludes halogenated alkanes) is 2. The van der Waals surface area contributed by atoms with Crippen LogP contribution in [-0.2, 0) is 11.8 Å². The summed E-state index contributed by atoms with van der Waals surface area (Å²) in [5.74, 6) is 1.68. The third-order valence-corrected chi connectivity index (χ3v) is 7.65. The van der Waals surface area contributed by atoms with Crippen molar-refractivity contribution >= 4 is 46.1 Å². The van der Waals surface area contributed by atoms with Gasteiger partial charge in [-0.3, -0.25) is 19.1 Å². The van der Waals surface area contributed by atoms with Gasteiger partial charge in [-0.05, 0) is 43.2 Å². The van der Waals surface area contributed by atoms with E-state index < -0.39 is 0 Å². The van der Waals surface area contributed by atoms with E-state index in [1.54, 1.807) is 23.4 Å². The fourth-order valence-electron chi connectivity index (χ4n) is 4.77. The van der Waals surface area contributed by atoms with Crippen molar-refractivity contribution < 1.29 is 4.79 Å². The van der Waals surface area contributed by atoms with Gasteiger partial charge in [-0.25, -0.2) is 0 Å². The van der Waals surface area contributed by atoms with E-state index in [4.69, 9.17) is 12.2 Å². The summed E-state index contributed by atoms with van der Waals surface area (Å²) in [5, 5.41) is 9.65. The van der Waals surface area contributed by atoms with Crippen LogP contribution < -0.4 is 10.5 Å². The van der Waals surface area contributed by atoms with E-state index in [1.165, 1.54) is 11.8 Å². The quantitative estimate of drug-likeness (QED) is 0.346. The van der Waals surface area contributed by atoms with Gasteiger partial charge in [0.1, 0.15) is 21.8 Å². The molecule has 2 fully saturated rings. The molecule has 8 heteroatoms. The number of hydrogen-bond donors (Lipinski definition) is 0. The second kappa shape index (κ2) is 10.2. The topological polar surface area (TPSA) is 69.3 Å². The number of carbonyl (C=O) groups excluding carboxylic acids is 1. The molecule has 1 amide bonds. The van der Waals surface area contributed by atoms with Crippen molar-refractivity contribution in [3.63, 3.8) is 0 Å². The van der Waals surface area contributed by atoms with Gasteiger partial charge in [0, 0.05) is 32.2 Å². The summed E-state index contributed by atoms with van der Waals surface area (Å²) in [4.78, 5) is 30.5. The number of amides is 1. The van der Waals surface area contributed by atoms with Crippen LogP contribution in [-0.4, -0.2) is 39.3 Å². The summed E-state index contributed by atoms with van der Waals surface area (Å²) in [7, 11) is 1.72. The molecule has 6 nitrogen and oxygen atoms in total. The lowest BCUT2D eigenvalue weighted by Crippen LogP contribution is -2.42. The van der Waals surface area contributed by atoms with Gasteiger partial charge in [0.25, 0.3) is 11.5 Å². The van der Waals surface area contributed by atoms with E-state index in [-0.39, 0.29) is 17.0 Å². The highest BCUT2D eigenvalue weighted by Gasteiger charge is 2.33. The maximum Gasteiger partial charge on any atom is 0.270 e. The smallest absolute Gasteiger partial charge is 0.270 e. The maximum absolute atomic E-state index is 13.1. The fourth-order valence-corrected chi connectivity index (χ4v) is 6.06. The number of pyridine rings is 1. The van der Waals surface area contributed by atoms with Crippen molar-refractivity contribution in [2.45, 2.75) is 53.4 Å². The molecule has 3 rings (SSSR count). The Balaban J connectivity index is 2.10. The number of piperidine rings is 1. The molecule has 2 saturated heterocycles. The van der Waals surface area contributed by atoms with Gasteiger partial charge in [-0.15, -0.1) is 0 Å². The Morgan fingerprint density at radius 1 is 1.22 bits per heavy atom. The molecular formula is C24H32N4O2S2. The maximum atomic E-state index is 13.1. The number of thiocarbonyl (C=S) groups is 1. The number of anilines is 1. The molecule has 2 aliphatic rings. The molecule has 0 aromatic carbocycles. The highest BCUT2D eigenvalue weighted by Crippen LogP contribution is 2.37. The molecule has 1 aromatic heterocycles. The van der Waals surface area contributed by atoms with Gasteiger partial charge in [-0.2, -0.15) is 5.26 Å². The summed E-state index contributed by atoms with van der Waals surface area (Å²) in [6, 6.07) is 2.07. The third-order valence-electron chi connectivity index (χ3n) is 6.27. The van der Waals surface area contributed by atoms with Gasteiger partial charge >= 0.3 is 0 Å².